The van der Waals surface area contributed by atoms with E-state index in [4.69, 9.17) is 4.74 Å². The number of cyclic esters (lactones) is 1. The van der Waals surface area contributed by atoms with Crippen molar-refractivity contribution in [2.24, 2.45) is 0 Å². The lowest BCUT2D eigenvalue weighted by molar-refractivity contribution is -0.104. The van der Waals surface area contributed by atoms with Crippen molar-refractivity contribution in [2.75, 3.05) is 13.2 Å². The standard InChI is InChI=1S/C12H13F2NO3/c1-2-17-9-5-3-8(4-6-9)10-12(13,14)7-18-11(16)15-10/h3-6,10H,2,7H2,1H3,(H,15,16)/t10-/m0/s1. The molecule has 1 aromatic rings. The number of amides is 1. The van der Waals surface area contributed by atoms with Crippen molar-refractivity contribution in [3.05, 3.63) is 29.8 Å². The van der Waals surface area contributed by atoms with Gasteiger partial charge in [0.1, 0.15) is 11.8 Å². The molecule has 1 N–H and O–H groups in total. The second kappa shape index (κ2) is 4.80. The van der Waals surface area contributed by atoms with E-state index in [1.165, 1.54) is 12.1 Å². The van der Waals surface area contributed by atoms with Crippen LogP contribution in [0.3, 0.4) is 0 Å². The number of alkyl carbamates (subject to hydrolysis) is 1. The molecular formula is C12H13F2NO3. The van der Waals surface area contributed by atoms with Crippen molar-refractivity contribution in [2.45, 2.75) is 18.9 Å². The highest BCUT2D eigenvalue weighted by atomic mass is 19.3. The van der Waals surface area contributed by atoms with Crippen LogP contribution >= 0.6 is 0 Å². The van der Waals surface area contributed by atoms with Crippen LogP contribution in [0.15, 0.2) is 24.3 Å². The Labute approximate surface area is 103 Å². The summed E-state index contributed by atoms with van der Waals surface area (Å²) in [6.45, 7) is 1.43. The number of carbonyl (C=O) groups is 1. The van der Waals surface area contributed by atoms with Gasteiger partial charge in [-0.3, -0.25) is 0 Å². The van der Waals surface area contributed by atoms with Crippen molar-refractivity contribution in [3.63, 3.8) is 0 Å². The average molecular weight is 257 g/mol. The van der Waals surface area contributed by atoms with Crippen LogP contribution in [0.2, 0.25) is 0 Å². The van der Waals surface area contributed by atoms with Crippen LogP contribution in [-0.2, 0) is 4.74 Å². The van der Waals surface area contributed by atoms with Gasteiger partial charge < -0.3 is 14.8 Å². The van der Waals surface area contributed by atoms with E-state index in [0.717, 1.165) is 0 Å². The normalized spacial score (nSPS) is 21.9. The van der Waals surface area contributed by atoms with E-state index in [2.05, 4.69) is 10.1 Å². The Morgan fingerprint density at radius 1 is 1.44 bits per heavy atom. The number of nitrogens with one attached hydrogen (secondary N) is 1. The lowest BCUT2D eigenvalue weighted by atomic mass is 10.00. The van der Waals surface area contributed by atoms with Crippen molar-refractivity contribution in [1.82, 2.24) is 5.32 Å². The summed E-state index contributed by atoms with van der Waals surface area (Å²) in [5, 5.41) is 2.12. The van der Waals surface area contributed by atoms with Gasteiger partial charge in [-0.1, -0.05) is 12.1 Å². The summed E-state index contributed by atoms with van der Waals surface area (Å²) in [7, 11) is 0. The molecule has 1 amide bonds. The maximum absolute atomic E-state index is 13.6. The SMILES string of the molecule is CCOc1ccc([C@@H]2NC(=O)OCC2(F)F)cc1. The third kappa shape index (κ3) is 2.52. The molecule has 1 aliphatic rings. The number of carbonyl (C=O) groups excluding carboxylic acids is 1. The van der Waals surface area contributed by atoms with Crippen LogP contribution in [0, 0.1) is 0 Å². The van der Waals surface area contributed by atoms with E-state index in [-0.39, 0.29) is 0 Å². The van der Waals surface area contributed by atoms with Gasteiger partial charge in [-0.15, -0.1) is 0 Å². The molecule has 4 nitrogen and oxygen atoms in total. The van der Waals surface area contributed by atoms with Gasteiger partial charge in [0, 0.05) is 0 Å². The van der Waals surface area contributed by atoms with Gasteiger partial charge in [0.05, 0.1) is 6.61 Å². The molecule has 0 aliphatic carbocycles. The van der Waals surface area contributed by atoms with E-state index < -0.39 is 24.7 Å². The van der Waals surface area contributed by atoms with Crippen LogP contribution < -0.4 is 10.1 Å². The summed E-state index contributed by atoms with van der Waals surface area (Å²) in [5.74, 6) is -2.52. The predicted molar refractivity (Wildman–Crippen MR) is 59.8 cm³/mol. The Hall–Kier alpha value is -1.85. The van der Waals surface area contributed by atoms with E-state index in [1.54, 1.807) is 12.1 Å². The molecule has 1 aromatic carbocycles. The molecule has 1 atom stereocenters. The summed E-state index contributed by atoms with van der Waals surface area (Å²) in [6.07, 6.45) is -0.834. The molecule has 6 heteroatoms. The number of hydrogen-bond donors (Lipinski definition) is 1. The number of alkyl halides is 2. The first-order chi connectivity index (χ1) is 8.53. The smallest absolute Gasteiger partial charge is 0.408 e. The third-order valence-electron chi connectivity index (χ3n) is 2.60. The van der Waals surface area contributed by atoms with E-state index in [9.17, 15) is 13.6 Å². The Morgan fingerprint density at radius 2 is 2.11 bits per heavy atom. The first-order valence-corrected chi connectivity index (χ1v) is 5.57. The highest BCUT2D eigenvalue weighted by Gasteiger charge is 2.46. The quantitative estimate of drug-likeness (QED) is 0.905. The van der Waals surface area contributed by atoms with Crippen molar-refractivity contribution >= 4 is 6.09 Å². The molecular weight excluding hydrogens is 244 g/mol. The number of hydrogen-bond acceptors (Lipinski definition) is 3. The highest BCUT2D eigenvalue weighted by molar-refractivity contribution is 5.69. The minimum Gasteiger partial charge on any atom is -0.494 e. The number of halogens is 2. The molecule has 0 bridgehead atoms. The third-order valence-corrected chi connectivity index (χ3v) is 2.60. The molecule has 1 fully saturated rings. The Balaban J connectivity index is 2.20. The van der Waals surface area contributed by atoms with Crippen molar-refractivity contribution < 1.29 is 23.0 Å². The lowest BCUT2D eigenvalue weighted by Gasteiger charge is -2.31. The molecule has 0 radical (unpaired) electrons. The van der Waals surface area contributed by atoms with Crippen molar-refractivity contribution in [3.8, 4) is 5.75 Å². The predicted octanol–water partition coefficient (Wildman–Crippen LogP) is 2.50. The van der Waals surface area contributed by atoms with Gasteiger partial charge in [-0.2, -0.15) is 0 Å². The first-order valence-electron chi connectivity index (χ1n) is 5.57. The zero-order valence-corrected chi connectivity index (χ0v) is 9.78. The van der Waals surface area contributed by atoms with E-state index in [0.29, 0.717) is 17.9 Å². The van der Waals surface area contributed by atoms with Gasteiger partial charge in [0.25, 0.3) is 0 Å². The average Bonchev–Trinajstić information content (AvgIpc) is 2.34. The molecule has 0 aromatic heterocycles. The number of ether oxygens (including phenoxy) is 2. The van der Waals surface area contributed by atoms with Gasteiger partial charge in [-0.25, -0.2) is 13.6 Å². The summed E-state index contributed by atoms with van der Waals surface area (Å²) < 4.78 is 36.7. The highest BCUT2D eigenvalue weighted by Crippen LogP contribution is 2.34. The molecule has 0 unspecified atom stereocenters. The minimum absolute atomic E-state index is 0.320. The molecule has 0 spiro atoms. The maximum atomic E-state index is 13.6. The summed E-state index contributed by atoms with van der Waals surface area (Å²) >= 11 is 0. The molecule has 1 heterocycles. The molecule has 0 saturated carbocycles. The largest absolute Gasteiger partial charge is 0.494 e. The van der Waals surface area contributed by atoms with Crippen LogP contribution in [-0.4, -0.2) is 25.2 Å². The fourth-order valence-corrected chi connectivity index (χ4v) is 1.76. The maximum Gasteiger partial charge on any atom is 0.408 e. The van der Waals surface area contributed by atoms with Crippen LogP contribution in [0.5, 0.6) is 5.75 Å². The second-order valence-electron chi connectivity index (χ2n) is 3.92. The summed E-state index contributed by atoms with van der Waals surface area (Å²) in [6, 6.07) is 4.84. The zero-order valence-electron chi connectivity index (χ0n) is 9.78. The first kappa shape index (κ1) is 12.6. The Kier molecular flexibility index (Phi) is 3.36. The molecule has 2 rings (SSSR count). The Morgan fingerprint density at radius 3 is 2.72 bits per heavy atom. The molecule has 1 aliphatic heterocycles. The van der Waals surface area contributed by atoms with Gasteiger partial charge in [0.2, 0.25) is 0 Å². The Bertz CT molecular complexity index is 433. The van der Waals surface area contributed by atoms with Gasteiger partial charge in [-0.05, 0) is 24.6 Å². The number of benzene rings is 1. The van der Waals surface area contributed by atoms with Crippen molar-refractivity contribution in [1.29, 1.82) is 0 Å². The lowest BCUT2D eigenvalue weighted by Crippen LogP contribution is -2.49. The minimum atomic E-state index is -3.12. The van der Waals surface area contributed by atoms with E-state index >= 15 is 0 Å². The van der Waals surface area contributed by atoms with Crippen LogP contribution in [0.4, 0.5) is 13.6 Å². The molecule has 98 valence electrons. The van der Waals surface area contributed by atoms with Crippen LogP contribution in [0.1, 0.15) is 18.5 Å². The van der Waals surface area contributed by atoms with Crippen LogP contribution in [0.25, 0.3) is 0 Å². The van der Waals surface area contributed by atoms with Gasteiger partial charge in [0.15, 0.2) is 6.61 Å². The fraction of sp³-hybridized carbons (Fsp3) is 0.417. The fourth-order valence-electron chi connectivity index (χ4n) is 1.76. The zero-order chi connectivity index (χ0) is 13.2. The second-order valence-corrected chi connectivity index (χ2v) is 3.92. The molecule has 1 saturated heterocycles. The number of rotatable bonds is 3. The van der Waals surface area contributed by atoms with E-state index in [1.807, 2.05) is 6.92 Å². The summed E-state index contributed by atoms with van der Waals surface area (Å²) in [4.78, 5) is 11.0. The summed E-state index contributed by atoms with van der Waals surface area (Å²) in [5.41, 5.74) is 0.320. The topological polar surface area (TPSA) is 47.6 Å². The van der Waals surface area contributed by atoms with Gasteiger partial charge >= 0.3 is 12.0 Å². The molecule has 18 heavy (non-hydrogen) atoms. The monoisotopic (exact) mass is 257 g/mol.